The summed E-state index contributed by atoms with van der Waals surface area (Å²) in [4.78, 5) is 0. The number of nitrogens with zero attached hydrogens (tertiary/aromatic N) is 1. The molecule has 1 aliphatic rings. The van der Waals surface area contributed by atoms with Crippen molar-refractivity contribution in [3.8, 4) is 22.9 Å². The van der Waals surface area contributed by atoms with E-state index in [0.29, 0.717) is 17.4 Å². The van der Waals surface area contributed by atoms with Crippen molar-refractivity contribution in [3.63, 3.8) is 0 Å². The Hall–Kier alpha value is -2.96. The first-order valence-corrected chi connectivity index (χ1v) is 9.91. The van der Waals surface area contributed by atoms with Crippen LogP contribution < -0.4 is 9.47 Å². The molecule has 4 nitrogen and oxygen atoms in total. The summed E-state index contributed by atoms with van der Waals surface area (Å²) in [6.45, 7) is 0.0803. The lowest BCUT2D eigenvalue weighted by atomic mass is 9.84. The number of nitrogens with one attached hydrogen (secondary N) is 1. The molecule has 1 N–H and O–H groups in total. The molecule has 0 aliphatic heterocycles. The predicted molar refractivity (Wildman–Crippen MR) is 107 cm³/mol. The quantitative estimate of drug-likeness (QED) is 0.506. The molecule has 0 atom stereocenters. The van der Waals surface area contributed by atoms with Gasteiger partial charge in [-0.15, -0.1) is 18.3 Å². The molecular formula is C23H22F3N2O2. The standard InChI is InChI=1S/C23H22F3N2O2/c24-23(25,26)30-20-8-4-5-16(13-20)15-29-22-14-21(27-28-22)19-11-9-18(10-12-19)17-6-2-1-3-7-17/h1,4-5,8-14,17H,2-3,6-7,15H2,(H,27,28). The van der Waals surface area contributed by atoms with Crippen LogP contribution in [0, 0.1) is 6.42 Å². The first-order chi connectivity index (χ1) is 14.5. The minimum Gasteiger partial charge on any atom is -0.472 e. The number of aromatic nitrogens is 2. The average Bonchev–Trinajstić information content (AvgIpc) is 3.21. The van der Waals surface area contributed by atoms with Gasteiger partial charge in [0.25, 0.3) is 0 Å². The lowest BCUT2D eigenvalue weighted by Gasteiger charge is -2.21. The molecule has 7 heteroatoms. The van der Waals surface area contributed by atoms with Crippen LogP contribution >= 0.6 is 0 Å². The van der Waals surface area contributed by atoms with Crippen molar-refractivity contribution in [2.45, 2.75) is 44.6 Å². The molecule has 0 spiro atoms. The summed E-state index contributed by atoms with van der Waals surface area (Å²) < 4.78 is 46.6. The lowest BCUT2D eigenvalue weighted by Crippen LogP contribution is -2.17. The monoisotopic (exact) mass is 415 g/mol. The molecule has 0 saturated heterocycles. The summed E-state index contributed by atoms with van der Waals surface area (Å²) >= 11 is 0. The summed E-state index contributed by atoms with van der Waals surface area (Å²) in [5.74, 6) is 0.725. The van der Waals surface area contributed by atoms with Gasteiger partial charge in [0.05, 0.1) is 5.69 Å². The van der Waals surface area contributed by atoms with E-state index < -0.39 is 6.36 Å². The van der Waals surface area contributed by atoms with Gasteiger partial charge in [-0.2, -0.15) is 0 Å². The maximum absolute atomic E-state index is 12.3. The van der Waals surface area contributed by atoms with Gasteiger partial charge in [0.2, 0.25) is 5.88 Å². The van der Waals surface area contributed by atoms with Crippen LogP contribution in [0.4, 0.5) is 13.2 Å². The molecule has 0 amide bonds. The highest BCUT2D eigenvalue weighted by Gasteiger charge is 2.31. The van der Waals surface area contributed by atoms with E-state index in [0.717, 1.165) is 11.3 Å². The molecule has 157 valence electrons. The number of H-pyrrole nitrogens is 1. The third-order valence-corrected chi connectivity index (χ3v) is 5.20. The van der Waals surface area contributed by atoms with E-state index in [1.165, 1.54) is 49.4 Å². The summed E-state index contributed by atoms with van der Waals surface area (Å²) in [6.07, 6.45) is 2.41. The molecule has 1 radical (unpaired) electrons. The van der Waals surface area contributed by atoms with Gasteiger partial charge in [-0.1, -0.05) is 36.4 Å². The number of hydrogen-bond donors (Lipinski definition) is 1. The number of aromatic amines is 1. The van der Waals surface area contributed by atoms with Crippen LogP contribution in [0.5, 0.6) is 11.6 Å². The Morgan fingerprint density at radius 3 is 2.50 bits per heavy atom. The Morgan fingerprint density at radius 2 is 1.77 bits per heavy atom. The molecular weight excluding hydrogens is 393 g/mol. The minimum atomic E-state index is -4.72. The number of rotatable bonds is 6. The third kappa shape index (κ3) is 5.34. The van der Waals surface area contributed by atoms with Gasteiger partial charge in [-0.3, -0.25) is 5.10 Å². The highest BCUT2D eigenvalue weighted by Crippen LogP contribution is 2.33. The van der Waals surface area contributed by atoms with Gasteiger partial charge < -0.3 is 9.47 Å². The van der Waals surface area contributed by atoms with Crippen molar-refractivity contribution in [1.29, 1.82) is 0 Å². The second-order valence-corrected chi connectivity index (χ2v) is 7.37. The Kier molecular flexibility index (Phi) is 5.97. The van der Waals surface area contributed by atoms with Crippen LogP contribution in [0.2, 0.25) is 0 Å². The van der Waals surface area contributed by atoms with Crippen LogP contribution in [0.1, 0.15) is 42.7 Å². The van der Waals surface area contributed by atoms with Gasteiger partial charge in [0.15, 0.2) is 0 Å². The maximum atomic E-state index is 12.3. The molecule has 1 aliphatic carbocycles. The van der Waals surface area contributed by atoms with Gasteiger partial charge in [-0.25, -0.2) is 0 Å². The van der Waals surface area contributed by atoms with E-state index in [-0.39, 0.29) is 12.4 Å². The predicted octanol–water partition coefficient (Wildman–Crippen LogP) is 6.42. The Balaban J connectivity index is 1.37. The molecule has 0 unspecified atom stereocenters. The summed E-state index contributed by atoms with van der Waals surface area (Å²) in [5, 5.41) is 7.09. The van der Waals surface area contributed by atoms with E-state index in [4.69, 9.17) is 4.74 Å². The van der Waals surface area contributed by atoms with Crippen LogP contribution in [0.15, 0.2) is 54.6 Å². The van der Waals surface area contributed by atoms with Gasteiger partial charge >= 0.3 is 6.36 Å². The van der Waals surface area contributed by atoms with E-state index >= 15 is 0 Å². The zero-order valence-corrected chi connectivity index (χ0v) is 16.3. The molecule has 4 rings (SSSR count). The van der Waals surface area contributed by atoms with Crippen LogP contribution in [0.3, 0.4) is 0 Å². The summed E-state index contributed by atoms with van der Waals surface area (Å²) in [6, 6.07) is 16.0. The zero-order chi connectivity index (χ0) is 21.0. The van der Waals surface area contributed by atoms with E-state index in [2.05, 4.69) is 45.6 Å². The first-order valence-electron chi connectivity index (χ1n) is 9.91. The van der Waals surface area contributed by atoms with Gasteiger partial charge in [0.1, 0.15) is 12.4 Å². The molecule has 3 aromatic rings. The summed E-state index contributed by atoms with van der Waals surface area (Å²) in [7, 11) is 0. The maximum Gasteiger partial charge on any atom is 0.573 e. The fourth-order valence-corrected chi connectivity index (χ4v) is 3.71. The highest BCUT2D eigenvalue weighted by atomic mass is 19.4. The van der Waals surface area contributed by atoms with Gasteiger partial charge in [-0.05, 0) is 66.8 Å². The van der Waals surface area contributed by atoms with Crippen molar-refractivity contribution < 1.29 is 22.6 Å². The van der Waals surface area contributed by atoms with Crippen LogP contribution in [0.25, 0.3) is 11.3 Å². The van der Waals surface area contributed by atoms with Crippen molar-refractivity contribution in [2.24, 2.45) is 0 Å². The number of hydrogen-bond acceptors (Lipinski definition) is 3. The van der Waals surface area contributed by atoms with E-state index in [1.54, 1.807) is 12.1 Å². The topological polar surface area (TPSA) is 47.1 Å². The Morgan fingerprint density at radius 1 is 1.00 bits per heavy atom. The molecule has 30 heavy (non-hydrogen) atoms. The smallest absolute Gasteiger partial charge is 0.472 e. The third-order valence-electron chi connectivity index (χ3n) is 5.20. The zero-order valence-electron chi connectivity index (χ0n) is 16.3. The Labute approximate surface area is 173 Å². The largest absolute Gasteiger partial charge is 0.573 e. The number of alkyl halides is 3. The van der Waals surface area contributed by atoms with Crippen molar-refractivity contribution >= 4 is 0 Å². The second kappa shape index (κ2) is 8.81. The molecule has 0 bridgehead atoms. The number of benzene rings is 2. The number of ether oxygens (including phenoxy) is 2. The SMILES string of the molecule is FC(F)(F)Oc1cccc(COc2cc(-c3ccc(C4CC[CH]CC4)cc3)[nH]n2)c1. The van der Waals surface area contributed by atoms with Crippen molar-refractivity contribution in [2.75, 3.05) is 0 Å². The molecule has 1 fully saturated rings. The van der Waals surface area contributed by atoms with E-state index in [9.17, 15) is 13.2 Å². The number of halogens is 3. The normalized spacial score (nSPS) is 15.2. The summed E-state index contributed by atoms with van der Waals surface area (Å²) in [5.41, 5.74) is 3.74. The average molecular weight is 415 g/mol. The van der Waals surface area contributed by atoms with Crippen LogP contribution in [-0.4, -0.2) is 16.6 Å². The highest BCUT2D eigenvalue weighted by molar-refractivity contribution is 5.60. The second-order valence-electron chi connectivity index (χ2n) is 7.37. The Bertz CT molecular complexity index is 961. The first kappa shape index (κ1) is 20.3. The minimum absolute atomic E-state index is 0.0803. The van der Waals surface area contributed by atoms with E-state index in [1.807, 2.05) is 0 Å². The molecule has 1 saturated carbocycles. The molecule has 1 aromatic heterocycles. The van der Waals surface area contributed by atoms with Crippen molar-refractivity contribution in [1.82, 2.24) is 10.2 Å². The lowest BCUT2D eigenvalue weighted by molar-refractivity contribution is -0.274. The molecule has 1 heterocycles. The molecule has 2 aromatic carbocycles. The van der Waals surface area contributed by atoms with Crippen molar-refractivity contribution in [3.05, 3.63) is 72.1 Å². The van der Waals surface area contributed by atoms with Gasteiger partial charge in [0, 0.05) is 6.07 Å². The fraction of sp³-hybridized carbons (Fsp3) is 0.304. The van der Waals surface area contributed by atoms with Crippen LogP contribution in [-0.2, 0) is 6.61 Å². The fourth-order valence-electron chi connectivity index (χ4n) is 3.71.